The van der Waals surface area contributed by atoms with Crippen molar-refractivity contribution in [3.63, 3.8) is 0 Å². The number of hydrogen-bond donors (Lipinski definition) is 2. The second kappa shape index (κ2) is 8.65. The fraction of sp³-hybridized carbons (Fsp3) is 0.235. The van der Waals surface area contributed by atoms with E-state index < -0.39 is 32.2 Å². The first-order chi connectivity index (χ1) is 13.1. The third kappa shape index (κ3) is 5.16. The first kappa shape index (κ1) is 21.1. The van der Waals surface area contributed by atoms with Crippen molar-refractivity contribution in [2.75, 3.05) is 31.8 Å². The summed E-state index contributed by atoms with van der Waals surface area (Å²) in [5.41, 5.74) is -0.185. The second-order valence-corrected chi connectivity index (χ2v) is 7.76. The summed E-state index contributed by atoms with van der Waals surface area (Å²) in [6, 6.07) is 7.28. The van der Waals surface area contributed by atoms with Gasteiger partial charge in [-0.05, 0) is 30.3 Å². The minimum absolute atomic E-state index is 0.0167. The van der Waals surface area contributed by atoms with Crippen LogP contribution in [0.5, 0.6) is 5.75 Å². The molecule has 11 heteroatoms. The zero-order chi connectivity index (χ0) is 20.9. The van der Waals surface area contributed by atoms with Crippen molar-refractivity contribution in [1.82, 2.24) is 5.32 Å². The Labute approximate surface area is 160 Å². The molecular weight excluding hydrogens is 393 g/mol. The maximum Gasteiger partial charge on any atom is 0.293 e. The number of halogens is 1. The predicted molar refractivity (Wildman–Crippen MR) is 100.0 cm³/mol. The molecule has 2 aromatic carbocycles. The van der Waals surface area contributed by atoms with E-state index in [2.05, 4.69) is 10.6 Å². The molecule has 0 aliphatic carbocycles. The van der Waals surface area contributed by atoms with Crippen LogP contribution in [0.25, 0.3) is 0 Å². The van der Waals surface area contributed by atoms with Crippen LogP contribution in [0.15, 0.2) is 41.3 Å². The normalized spacial score (nSPS) is 11.0. The van der Waals surface area contributed by atoms with Crippen LogP contribution in [0, 0.1) is 15.9 Å². The molecule has 9 nitrogen and oxygen atoms in total. The number of nitro benzene ring substituents is 1. The molecule has 2 rings (SSSR count). The number of nitrogens with zero attached hydrogens (tertiary/aromatic N) is 1. The van der Waals surface area contributed by atoms with Gasteiger partial charge in [-0.15, -0.1) is 0 Å². The van der Waals surface area contributed by atoms with E-state index in [1.807, 2.05) is 0 Å². The van der Waals surface area contributed by atoms with Crippen molar-refractivity contribution in [3.8, 4) is 5.75 Å². The summed E-state index contributed by atoms with van der Waals surface area (Å²) in [5, 5.41) is 16.5. The molecule has 0 radical (unpaired) electrons. The Balaban J connectivity index is 1.99. The van der Waals surface area contributed by atoms with E-state index in [9.17, 15) is 27.7 Å². The molecule has 0 atom stereocenters. The number of sulfone groups is 1. The Morgan fingerprint density at radius 2 is 1.93 bits per heavy atom. The molecule has 1 amide bonds. The predicted octanol–water partition coefficient (Wildman–Crippen LogP) is 1.99. The number of carbonyl (C=O) groups is 1. The van der Waals surface area contributed by atoms with Gasteiger partial charge in [0.1, 0.15) is 5.69 Å². The molecule has 0 spiro atoms. The molecule has 150 valence electrons. The fourth-order valence-electron chi connectivity index (χ4n) is 2.33. The summed E-state index contributed by atoms with van der Waals surface area (Å²) in [5.74, 6) is -1.18. The first-order valence-corrected chi connectivity index (χ1v) is 9.86. The average molecular weight is 411 g/mol. The topological polar surface area (TPSA) is 128 Å². The zero-order valence-electron chi connectivity index (χ0n) is 15.1. The standard InChI is InChI=1S/C17H18FN3O6S/c1-27-16-6-3-11(9-13(16)18)17(22)20-8-7-19-14-5-4-12(28(2,25)26)10-15(14)21(23)24/h3-6,9-10,19H,7-8H2,1-2H3,(H,20,22). The van der Waals surface area contributed by atoms with Gasteiger partial charge in [-0.1, -0.05) is 0 Å². The number of amides is 1. The Kier molecular flexibility index (Phi) is 6.52. The van der Waals surface area contributed by atoms with E-state index in [1.165, 1.54) is 31.4 Å². The summed E-state index contributed by atoms with van der Waals surface area (Å²) in [6.07, 6.45) is 0.955. The summed E-state index contributed by atoms with van der Waals surface area (Å²) in [4.78, 5) is 22.3. The minimum Gasteiger partial charge on any atom is -0.494 e. The SMILES string of the molecule is COc1ccc(C(=O)NCCNc2ccc(S(C)(=O)=O)cc2[N+](=O)[O-])cc1F. The Morgan fingerprint density at radius 3 is 2.50 bits per heavy atom. The molecule has 0 saturated carbocycles. The van der Waals surface area contributed by atoms with Crippen molar-refractivity contribution < 1.29 is 27.3 Å². The number of nitro groups is 1. The molecule has 2 aromatic rings. The van der Waals surface area contributed by atoms with E-state index in [-0.39, 0.29) is 35.0 Å². The van der Waals surface area contributed by atoms with Gasteiger partial charge in [-0.2, -0.15) is 0 Å². The summed E-state index contributed by atoms with van der Waals surface area (Å²) >= 11 is 0. The van der Waals surface area contributed by atoms with Crippen LogP contribution in [0.2, 0.25) is 0 Å². The smallest absolute Gasteiger partial charge is 0.293 e. The highest BCUT2D eigenvalue weighted by Crippen LogP contribution is 2.27. The van der Waals surface area contributed by atoms with Crippen LogP contribution in [0.3, 0.4) is 0 Å². The van der Waals surface area contributed by atoms with Gasteiger partial charge in [0, 0.05) is 31.0 Å². The summed E-state index contributed by atoms with van der Waals surface area (Å²) < 4.78 is 41.5. The van der Waals surface area contributed by atoms with Crippen molar-refractivity contribution in [2.24, 2.45) is 0 Å². The van der Waals surface area contributed by atoms with Crippen molar-refractivity contribution >= 4 is 27.1 Å². The Morgan fingerprint density at radius 1 is 1.21 bits per heavy atom. The lowest BCUT2D eigenvalue weighted by atomic mass is 10.2. The molecule has 0 aliphatic rings. The summed E-state index contributed by atoms with van der Waals surface area (Å²) in [7, 11) is -2.27. The van der Waals surface area contributed by atoms with Gasteiger partial charge in [-0.25, -0.2) is 12.8 Å². The molecule has 0 unspecified atom stereocenters. The number of hydrogen-bond acceptors (Lipinski definition) is 7. The molecule has 2 N–H and O–H groups in total. The zero-order valence-corrected chi connectivity index (χ0v) is 15.9. The molecule has 0 fully saturated rings. The van der Waals surface area contributed by atoms with Crippen LogP contribution in [-0.2, 0) is 9.84 Å². The number of ether oxygens (including phenoxy) is 1. The number of anilines is 1. The van der Waals surface area contributed by atoms with E-state index in [0.717, 1.165) is 18.4 Å². The van der Waals surface area contributed by atoms with Gasteiger partial charge in [0.2, 0.25) is 0 Å². The highest BCUT2D eigenvalue weighted by Gasteiger charge is 2.18. The van der Waals surface area contributed by atoms with E-state index in [0.29, 0.717) is 0 Å². The van der Waals surface area contributed by atoms with Crippen LogP contribution in [0.4, 0.5) is 15.8 Å². The maximum absolute atomic E-state index is 13.6. The number of carbonyl (C=O) groups excluding carboxylic acids is 1. The summed E-state index contributed by atoms with van der Waals surface area (Å²) in [6.45, 7) is 0.223. The Hall–Kier alpha value is -3.21. The fourth-order valence-corrected chi connectivity index (χ4v) is 2.97. The van der Waals surface area contributed by atoms with Gasteiger partial charge in [0.15, 0.2) is 21.4 Å². The molecule has 0 saturated heterocycles. The molecule has 28 heavy (non-hydrogen) atoms. The van der Waals surface area contributed by atoms with Crippen LogP contribution in [-0.4, -0.2) is 45.7 Å². The average Bonchev–Trinajstić information content (AvgIpc) is 2.64. The number of methoxy groups -OCH3 is 1. The van der Waals surface area contributed by atoms with E-state index in [4.69, 9.17) is 4.74 Å². The highest BCUT2D eigenvalue weighted by molar-refractivity contribution is 7.90. The van der Waals surface area contributed by atoms with Crippen LogP contribution < -0.4 is 15.4 Å². The third-order valence-electron chi connectivity index (χ3n) is 3.73. The van der Waals surface area contributed by atoms with Crippen molar-refractivity contribution in [3.05, 3.63) is 57.9 Å². The highest BCUT2D eigenvalue weighted by atomic mass is 32.2. The van der Waals surface area contributed by atoms with Gasteiger partial charge in [0.25, 0.3) is 11.6 Å². The monoisotopic (exact) mass is 411 g/mol. The van der Waals surface area contributed by atoms with Gasteiger partial charge >= 0.3 is 0 Å². The third-order valence-corrected chi connectivity index (χ3v) is 4.84. The number of nitrogens with one attached hydrogen (secondary N) is 2. The van der Waals surface area contributed by atoms with Crippen molar-refractivity contribution in [1.29, 1.82) is 0 Å². The van der Waals surface area contributed by atoms with Crippen LogP contribution >= 0.6 is 0 Å². The lowest BCUT2D eigenvalue weighted by molar-refractivity contribution is -0.384. The quantitative estimate of drug-likeness (QED) is 0.386. The van der Waals surface area contributed by atoms with Gasteiger partial charge < -0.3 is 15.4 Å². The van der Waals surface area contributed by atoms with Gasteiger partial charge in [0.05, 0.1) is 16.9 Å². The minimum atomic E-state index is -3.58. The molecule has 0 bridgehead atoms. The molecule has 0 heterocycles. The molecule has 0 aliphatic heterocycles. The lowest BCUT2D eigenvalue weighted by Gasteiger charge is -2.10. The lowest BCUT2D eigenvalue weighted by Crippen LogP contribution is -2.29. The Bertz CT molecular complexity index is 1010. The molecular formula is C17H18FN3O6S. The van der Waals surface area contributed by atoms with Crippen LogP contribution in [0.1, 0.15) is 10.4 Å². The van der Waals surface area contributed by atoms with E-state index in [1.54, 1.807) is 0 Å². The number of rotatable bonds is 8. The maximum atomic E-state index is 13.6. The molecule has 0 aromatic heterocycles. The van der Waals surface area contributed by atoms with Gasteiger partial charge in [-0.3, -0.25) is 14.9 Å². The van der Waals surface area contributed by atoms with E-state index >= 15 is 0 Å². The van der Waals surface area contributed by atoms with Crippen molar-refractivity contribution in [2.45, 2.75) is 4.90 Å². The number of benzene rings is 2. The second-order valence-electron chi connectivity index (χ2n) is 5.74. The first-order valence-electron chi connectivity index (χ1n) is 7.97. The largest absolute Gasteiger partial charge is 0.494 e.